The van der Waals surface area contributed by atoms with E-state index in [1.165, 1.54) is 0 Å². The van der Waals surface area contributed by atoms with Gasteiger partial charge in [0.25, 0.3) is 5.56 Å². The molecule has 0 unspecified atom stereocenters. The number of nitrogens with zero attached hydrogens (tertiary/aromatic N) is 2. The van der Waals surface area contributed by atoms with Gasteiger partial charge in [-0.25, -0.2) is 4.98 Å². The van der Waals surface area contributed by atoms with Gasteiger partial charge in [-0.15, -0.1) is 6.42 Å². The van der Waals surface area contributed by atoms with Crippen molar-refractivity contribution in [3.63, 3.8) is 0 Å². The monoisotopic (exact) mass is 252 g/mol. The quantitative estimate of drug-likeness (QED) is 0.675. The molecule has 0 saturated carbocycles. The normalized spacial score (nSPS) is 16.9. The Bertz CT molecular complexity index is 763. The van der Waals surface area contributed by atoms with E-state index in [-0.39, 0.29) is 11.0 Å². The number of terminal acetylenes is 1. The summed E-state index contributed by atoms with van der Waals surface area (Å²) >= 11 is 0. The zero-order chi connectivity index (χ0) is 13.6. The lowest BCUT2D eigenvalue weighted by Crippen LogP contribution is -2.36. The Labute approximate surface area is 112 Å². The van der Waals surface area contributed by atoms with Crippen molar-refractivity contribution in [1.82, 2.24) is 9.55 Å². The highest BCUT2D eigenvalue weighted by Gasteiger charge is 2.27. The number of rotatable bonds is 0. The second kappa shape index (κ2) is 3.96. The van der Waals surface area contributed by atoms with Crippen LogP contribution >= 0.6 is 0 Å². The average molecular weight is 252 g/mol. The molecule has 0 N–H and O–H groups in total. The fourth-order valence-electron chi connectivity index (χ4n) is 2.67. The molecule has 2 heterocycles. The van der Waals surface area contributed by atoms with Gasteiger partial charge in [0, 0.05) is 18.5 Å². The Morgan fingerprint density at radius 3 is 2.95 bits per heavy atom. The molecule has 2 aromatic rings. The summed E-state index contributed by atoms with van der Waals surface area (Å²) in [5, 5.41) is 0.653. The number of fused-ring (bicyclic) bond motifs is 2. The van der Waals surface area contributed by atoms with E-state index in [1.54, 1.807) is 12.1 Å². The van der Waals surface area contributed by atoms with Crippen molar-refractivity contribution < 1.29 is 0 Å². The van der Waals surface area contributed by atoms with Crippen LogP contribution in [0.2, 0.25) is 0 Å². The molecule has 3 heteroatoms. The molecule has 1 aromatic heterocycles. The number of benzene rings is 1. The maximum Gasteiger partial charge on any atom is 0.261 e. The molecule has 96 valence electrons. The number of hydrogen-bond acceptors (Lipinski definition) is 2. The second-order valence-corrected chi connectivity index (χ2v) is 5.96. The first-order chi connectivity index (χ1) is 9.00. The Hall–Kier alpha value is -2.08. The summed E-state index contributed by atoms with van der Waals surface area (Å²) in [4.78, 5) is 17.1. The molecule has 1 aliphatic rings. The predicted octanol–water partition coefficient (Wildman–Crippen LogP) is 2.35. The molecule has 3 nitrogen and oxygen atoms in total. The lowest BCUT2D eigenvalue weighted by molar-refractivity contribution is 0.240. The van der Waals surface area contributed by atoms with Crippen LogP contribution in [0.5, 0.6) is 0 Å². The average Bonchev–Trinajstić information content (AvgIpc) is 2.39. The van der Waals surface area contributed by atoms with Crippen LogP contribution in [0.15, 0.2) is 23.0 Å². The minimum atomic E-state index is 0.0522. The van der Waals surface area contributed by atoms with E-state index in [0.29, 0.717) is 10.9 Å². The van der Waals surface area contributed by atoms with Crippen molar-refractivity contribution in [3.05, 3.63) is 39.9 Å². The maximum atomic E-state index is 12.5. The molecule has 0 fully saturated rings. The lowest BCUT2D eigenvalue weighted by atomic mass is 9.85. The van der Waals surface area contributed by atoms with Crippen molar-refractivity contribution >= 4 is 10.9 Å². The van der Waals surface area contributed by atoms with Gasteiger partial charge in [0.05, 0.1) is 10.9 Å². The SMILES string of the molecule is C#Cc1ccc2c(=O)n3c(nc2c1)CCC(C)(C)C3. The zero-order valence-electron chi connectivity index (χ0n) is 11.2. The van der Waals surface area contributed by atoms with Crippen LogP contribution in [-0.2, 0) is 13.0 Å². The topological polar surface area (TPSA) is 34.9 Å². The van der Waals surface area contributed by atoms with Gasteiger partial charge in [0.15, 0.2) is 0 Å². The first-order valence-corrected chi connectivity index (χ1v) is 6.50. The fourth-order valence-corrected chi connectivity index (χ4v) is 2.67. The molecule has 3 rings (SSSR count). The van der Waals surface area contributed by atoms with Gasteiger partial charge in [-0.1, -0.05) is 19.8 Å². The molecule has 0 amide bonds. The first-order valence-electron chi connectivity index (χ1n) is 6.50. The number of aryl methyl sites for hydroxylation is 1. The van der Waals surface area contributed by atoms with Crippen LogP contribution in [0.4, 0.5) is 0 Å². The minimum Gasteiger partial charge on any atom is -0.296 e. The summed E-state index contributed by atoms with van der Waals surface area (Å²) in [7, 11) is 0. The van der Waals surface area contributed by atoms with Crippen LogP contribution in [0.25, 0.3) is 10.9 Å². The summed E-state index contributed by atoms with van der Waals surface area (Å²) in [6.45, 7) is 5.11. The van der Waals surface area contributed by atoms with Crippen LogP contribution in [0.1, 0.15) is 31.7 Å². The van der Waals surface area contributed by atoms with E-state index in [4.69, 9.17) is 6.42 Å². The largest absolute Gasteiger partial charge is 0.296 e. The summed E-state index contributed by atoms with van der Waals surface area (Å²) in [6.07, 6.45) is 7.29. The predicted molar refractivity (Wildman–Crippen MR) is 76.0 cm³/mol. The minimum absolute atomic E-state index is 0.0522. The molecular weight excluding hydrogens is 236 g/mol. The molecule has 0 saturated heterocycles. The number of hydrogen-bond donors (Lipinski definition) is 0. The Balaban J connectivity index is 2.29. The van der Waals surface area contributed by atoms with Crippen molar-refractivity contribution in [2.24, 2.45) is 5.41 Å². The highest BCUT2D eigenvalue weighted by atomic mass is 16.1. The molecule has 0 atom stereocenters. The third-order valence-electron chi connectivity index (χ3n) is 3.81. The third kappa shape index (κ3) is 1.94. The van der Waals surface area contributed by atoms with Gasteiger partial charge in [0.2, 0.25) is 0 Å². The zero-order valence-corrected chi connectivity index (χ0v) is 11.2. The van der Waals surface area contributed by atoms with Crippen molar-refractivity contribution in [1.29, 1.82) is 0 Å². The Morgan fingerprint density at radius 1 is 1.42 bits per heavy atom. The van der Waals surface area contributed by atoms with Gasteiger partial charge in [0.1, 0.15) is 5.82 Å². The molecule has 0 spiro atoms. The fraction of sp³-hybridized carbons (Fsp3) is 0.375. The van der Waals surface area contributed by atoms with Gasteiger partial charge in [-0.2, -0.15) is 0 Å². The van der Waals surface area contributed by atoms with Gasteiger partial charge < -0.3 is 0 Å². The summed E-state index contributed by atoms with van der Waals surface area (Å²) in [6, 6.07) is 5.40. The van der Waals surface area contributed by atoms with E-state index in [2.05, 4.69) is 24.8 Å². The summed E-state index contributed by atoms with van der Waals surface area (Å²) in [5.74, 6) is 3.46. The van der Waals surface area contributed by atoms with Crippen molar-refractivity contribution in [3.8, 4) is 12.3 Å². The van der Waals surface area contributed by atoms with Crippen LogP contribution in [-0.4, -0.2) is 9.55 Å². The van der Waals surface area contributed by atoms with Crippen molar-refractivity contribution in [2.45, 2.75) is 33.2 Å². The second-order valence-electron chi connectivity index (χ2n) is 5.96. The van der Waals surface area contributed by atoms with Crippen LogP contribution in [0, 0.1) is 17.8 Å². The van der Waals surface area contributed by atoms with Crippen LogP contribution in [0.3, 0.4) is 0 Å². The van der Waals surface area contributed by atoms with Crippen LogP contribution < -0.4 is 5.56 Å². The smallest absolute Gasteiger partial charge is 0.261 e. The molecule has 0 bridgehead atoms. The van der Waals surface area contributed by atoms with Gasteiger partial charge >= 0.3 is 0 Å². The summed E-state index contributed by atoms with van der Waals surface area (Å²) in [5.41, 5.74) is 1.69. The summed E-state index contributed by atoms with van der Waals surface area (Å²) < 4.78 is 1.82. The number of aromatic nitrogens is 2. The Kier molecular flexibility index (Phi) is 2.50. The van der Waals surface area contributed by atoms with E-state index < -0.39 is 0 Å². The molecule has 1 aromatic carbocycles. The Morgan fingerprint density at radius 2 is 2.21 bits per heavy atom. The third-order valence-corrected chi connectivity index (χ3v) is 3.81. The van der Waals surface area contributed by atoms with E-state index >= 15 is 0 Å². The van der Waals surface area contributed by atoms with E-state index in [9.17, 15) is 4.79 Å². The lowest BCUT2D eigenvalue weighted by Gasteiger charge is -2.31. The molecule has 19 heavy (non-hydrogen) atoms. The van der Waals surface area contributed by atoms with E-state index in [0.717, 1.165) is 30.8 Å². The first kappa shape index (κ1) is 12.0. The molecule has 1 aliphatic heterocycles. The highest BCUT2D eigenvalue weighted by Crippen LogP contribution is 2.29. The maximum absolute atomic E-state index is 12.5. The van der Waals surface area contributed by atoms with Crippen molar-refractivity contribution in [2.75, 3.05) is 0 Å². The van der Waals surface area contributed by atoms with Gasteiger partial charge in [-0.3, -0.25) is 9.36 Å². The standard InChI is InChI=1S/C16H16N2O/c1-4-11-5-6-12-13(9-11)17-14-7-8-16(2,3)10-18(14)15(12)19/h1,5-6,9H,7-8,10H2,2-3H3. The molecule has 0 aliphatic carbocycles. The van der Waals surface area contributed by atoms with E-state index in [1.807, 2.05) is 10.6 Å². The molecule has 0 radical (unpaired) electrons. The van der Waals surface area contributed by atoms with Gasteiger partial charge in [-0.05, 0) is 30.0 Å². The molecular formula is C16H16N2O. The highest BCUT2D eigenvalue weighted by molar-refractivity contribution is 5.79.